The van der Waals surface area contributed by atoms with E-state index < -0.39 is 0 Å². The molecule has 0 amide bonds. The van der Waals surface area contributed by atoms with Gasteiger partial charge in [0.1, 0.15) is 24.0 Å². The molecule has 0 aliphatic heterocycles. The van der Waals surface area contributed by atoms with Gasteiger partial charge in [0, 0.05) is 20.6 Å². The highest BCUT2D eigenvalue weighted by Crippen LogP contribution is 2.14. The van der Waals surface area contributed by atoms with Gasteiger partial charge in [-0.1, -0.05) is 12.1 Å². The van der Waals surface area contributed by atoms with Crippen LogP contribution in [0.25, 0.3) is 0 Å². The Kier molecular flexibility index (Phi) is 6.80. The molecule has 0 fully saturated rings. The first-order valence-corrected chi connectivity index (χ1v) is 8.55. The molecule has 136 valence electrons. The summed E-state index contributed by atoms with van der Waals surface area (Å²) in [4.78, 5) is 11.0. The topological polar surface area (TPSA) is 67.6 Å². The number of ether oxygens (including phenoxy) is 1. The molecule has 0 spiro atoms. The van der Waals surface area contributed by atoms with Crippen LogP contribution >= 0.6 is 0 Å². The van der Waals surface area contributed by atoms with Crippen molar-refractivity contribution < 1.29 is 4.74 Å². The first-order valence-electron chi connectivity index (χ1n) is 8.55. The van der Waals surface area contributed by atoms with Crippen molar-refractivity contribution in [3.8, 4) is 5.75 Å². The quantitative estimate of drug-likeness (QED) is 0.614. The van der Waals surface area contributed by atoms with Crippen LogP contribution < -0.4 is 10.1 Å². The smallest absolute Gasteiger partial charge is 0.194 e. The van der Waals surface area contributed by atoms with Gasteiger partial charge in [-0.05, 0) is 38.5 Å². The standard InChI is InChI=1S/C18H28N6O/c1-6-19-18(23(4)12-17-21-13-22-24(17)5)20-11-15(3)25-16-9-7-8-14(2)10-16/h7-10,13,15H,6,11-12H2,1-5H3,(H,19,20). The fraction of sp³-hybridized carbons (Fsp3) is 0.500. The van der Waals surface area contributed by atoms with E-state index in [9.17, 15) is 0 Å². The minimum atomic E-state index is -0.0151. The minimum absolute atomic E-state index is 0.0151. The second kappa shape index (κ2) is 9.05. The Morgan fingerprint density at radius 2 is 2.24 bits per heavy atom. The van der Waals surface area contributed by atoms with Gasteiger partial charge in [-0.3, -0.25) is 4.68 Å². The number of hydrogen-bond acceptors (Lipinski definition) is 4. The molecule has 1 atom stereocenters. The molecular formula is C18H28N6O. The van der Waals surface area contributed by atoms with E-state index in [4.69, 9.17) is 9.73 Å². The van der Waals surface area contributed by atoms with E-state index in [0.29, 0.717) is 13.1 Å². The van der Waals surface area contributed by atoms with Crippen LogP contribution in [0.15, 0.2) is 35.6 Å². The van der Waals surface area contributed by atoms with Gasteiger partial charge < -0.3 is 15.0 Å². The van der Waals surface area contributed by atoms with Crippen LogP contribution in [0.4, 0.5) is 0 Å². The third-order valence-electron chi connectivity index (χ3n) is 3.71. The Labute approximate surface area is 149 Å². The number of benzene rings is 1. The van der Waals surface area contributed by atoms with Gasteiger partial charge >= 0.3 is 0 Å². The largest absolute Gasteiger partial charge is 0.489 e. The monoisotopic (exact) mass is 344 g/mol. The Balaban J connectivity index is 1.96. The lowest BCUT2D eigenvalue weighted by atomic mass is 10.2. The predicted molar refractivity (Wildman–Crippen MR) is 99.7 cm³/mol. The number of nitrogens with zero attached hydrogens (tertiary/aromatic N) is 5. The maximum absolute atomic E-state index is 5.95. The fourth-order valence-electron chi connectivity index (χ4n) is 2.39. The normalized spacial score (nSPS) is 12.8. The fourth-order valence-corrected chi connectivity index (χ4v) is 2.39. The van der Waals surface area contributed by atoms with Gasteiger partial charge in [0.05, 0.1) is 13.1 Å². The van der Waals surface area contributed by atoms with E-state index in [0.717, 1.165) is 24.1 Å². The lowest BCUT2D eigenvalue weighted by Gasteiger charge is -2.22. The SMILES string of the molecule is CCNC(=NCC(C)Oc1cccc(C)c1)N(C)Cc1ncnn1C. The molecule has 1 aromatic heterocycles. The number of aryl methyl sites for hydroxylation is 2. The predicted octanol–water partition coefficient (Wildman–Crippen LogP) is 1.99. The van der Waals surface area contributed by atoms with Crippen molar-refractivity contribution in [1.82, 2.24) is 25.0 Å². The summed E-state index contributed by atoms with van der Waals surface area (Å²) in [7, 11) is 3.88. The molecule has 7 nitrogen and oxygen atoms in total. The molecule has 0 bridgehead atoms. The van der Waals surface area contributed by atoms with E-state index in [1.807, 2.05) is 44.1 Å². The molecule has 1 unspecified atom stereocenters. The first-order chi connectivity index (χ1) is 12.0. The second-order valence-corrected chi connectivity index (χ2v) is 6.10. The average Bonchev–Trinajstić information content (AvgIpc) is 2.96. The number of rotatable bonds is 7. The minimum Gasteiger partial charge on any atom is -0.489 e. The molecule has 2 aromatic rings. The number of aromatic nitrogens is 3. The van der Waals surface area contributed by atoms with Gasteiger partial charge in [0.15, 0.2) is 5.96 Å². The third-order valence-corrected chi connectivity index (χ3v) is 3.71. The van der Waals surface area contributed by atoms with E-state index in [-0.39, 0.29) is 6.10 Å². The maximum atomic E-state index is 5.95. The Morgan fingerprint density at radius 1 is 1.44 bits per heavy atom. The van der Waals surface area contributed by atoms with Crippen LogP contribution in [0.3, 0.4) is 0 Å². The summed E-state index contributed by atoms with van der Waals surface area (Å²) in [5, 5.41) is 7.41. The van der Waals surface area contributed by atoms with Gasteiger partial charge in [-0.25, -0.2) is 9.98 Å². The van der Waals surface area contributed by atoms with Crippen LogP contribution in [0.1, 0.15) is 25.2 Å². The molecule has 1 N–H and O–H groups in total. The van der Waals surface area contributed by atoms with Crippen molar-refractivity contribution in [2.75, 3.05) is 20.1 Å². The summed E-state index contributed by atoms with van der Waals surface area (Å²) in [5.41, 5.74) is 1.19. The summed E-state index contributed by atoms with van der Waals surface area (Å²) in [5.74, 6) is 2.59. The summed E-state index contributed by atoms with van der Waals surface area (Å²) < 4.78 is 7.72. The van der Waals surface area contributed by atoms with Crippen molar-refractivity contribution in [1.29, 1.82) is 0 Å². The summed E-state index contributed by atoms with van der Waals surface area (Å²) in [6.45, 7) is 8.14. The average molecular weight is 344 g/mol. The highest BCUT2D eigenvalue weighted by Gasteiger charge is 2.11. The van der Waals surface area contributed by atoms with Crippen LogP contribution in [-0.2, 0) is 13.6 Å². The highest BCUT2D eigenvalue weighted by atomic mass is 16.5. The van der Waals surface area contributed by atoms with Crippen molar-refractivity contribution in [2.45, 2.75) is 33.4 Å². The first kappa shape index (κ1) is 18.8. The van der Waals surface area contributed by atoms with Crippen LogP contribution in [0.2, 0.25) is 0 Å². The third kappa shape index (κ3) is 5.77. The van der Waals surface area contributed by atoms with Crippen molar-refractivity contribution in [3.05, 3.63) is 42.0 Å². The molecule has 2 rings (SSSR count). The van der Waals surface area contributed by atoms with E-state index in [1.54, 1.807) is 11.0 Å². The zero-order chi connectivity index (χ0) is 18.2. The molecule has 0 aliphatic rings. The van der Waals surface area contributed by atoms with Crippen molar-refractivity contribution in [2.24, 2.45) is 12.0 Å². The lowest BCUT2D eigenvalue weighted by Crippen LogP contribution is -2.39. The molecule has 0 saturated carbocycles. The molecule has 0 saturated heterocycles. The lowest BCUT2D eigenvalue weighted by molar-refractivity contribution is 0.229. The van der Waals surface area contributed by atoms with Gasteiger partial charge in [-0.2, -0.15) is 5.10 Å². The molecule has 25 heavy (non-hydrogen) atoms. The Morgan fingerprint density at radius 3 is 2.88 bits per heavy atom. The molecule has 7 heteroatoms. The zero-order valence-corrected chi connectivity index (χ0v) is 15.7. The van der Waals surface area contributed by atoms with Gasteiger partial charge in [0.2, 0.25) is 0 Å². The van der Waals surface area contributed by atoms with E-state index in [2.05, 4.69) is 35.3 Å². The van der Waals surface area contributed by atoms with Crippen LogP contribution in [-0.4, -0.2) is 51.9 Å². The Bertz CT molecular complexity index is 696. The van der Waals surface area contributed by atoms with Gasteiger partial charge in [0.25, 0.3) is 0 Å². The molecular weight excluding hydrogens is 316 g/mol. The Hall–Kier alpha value is -2.57. The zero-order valence-electron chi connectivity index (χ0n) is 15.7. The van der Waals surface area contributed by atoms with E-state index >= 15 is 0 Å². The maximum Gasteiger partial charge on any atom is 0.194 e. The number of aliphatic imine (C=N–C) groups is 1. The number of nitrogens with one attached hydrogen (secondary N) is 1. The number of guanidine groups is 1. The number of hydrogen-bond donors (Lipinski definition) is 1. The summed E-state index contributed by atoms with van der Waals surface area (Å²) in [6, 6.07) is 8.06. The van der Waals surface area contributed by atoms with Crippen molar-refractivity contribution >= 4 is 5.96 Å². The van der Waals surface area contributed by atoms with Crippen LogP contribution in [0, 0.1) is 6.92 Å². The van der Waals surface area contributed by atoms with Crippen molar-refractivity contribution in [3.63, 3.8) is 0 Å². The van der Waals surface area contributed by atoms with E-state index in [1.165, 1.54) is 5.56 Å². The molecule has 0 radical (unpaired) electrons. The molecule has 1 heterocycles. The molecule has 1 aromatic carbocycles. The molecule has 0 aliphatic carbocycles. The summed E-state index contributed by atoms with van der Waals surface area (Å²) >= 11 is 0. The summed E-state index contributed by atoms with van der Waals surface area (Å²) in [6.07, 6.45) is 1.55. The van der Waals surface area contributed by atoms with Crippen LogP contribution in [0.5, 0.6) is 5.75 Å². The highest BCUT2D eigenvalue weighted by molar-refractivity contribution is 5.79. The second-order valence-electron chi connectivity index (χ2n) is 6.10. The van der Waals surface area contributed by atoms with Gasteiger partial charge in [-0.15, -0.1) is 0 Å².